The van der Waals surface area contributed by atoms with E-state index < -0.39 is 17.4 Å². The summed E-state index contributed by atoms with van der Waals surface area (Å²) in [6.07, 6.45) is 6.45. The van der Waals surface area contributed by atoms with Gasteiger partial charge in [0.25, 0.3) is 5.91 Å². The van der Waals surface area contributed by atoms with Gasteiger partial charge in [-0.3, -0.25) is 24.4 Å². The fourth-order valence-corrected chi connectivity index (χ4v) is 5.65. The van der Waals surface area contributed by atoms with E-state index in [9.17, 15) is 24.4 Å². The topological polar surface area (TPSA) is 119 Å². The number of likely N-dealkylation sites (tertiary alicyclic amines) is 1. The highest BCUT2D eigenvalue weighted by atomic mass is 79.9. The summed E-state index contributed by atoms with van der Waals surface area (Å²) in [6, 6.07) is 6.39. The lowest BCUT2D eigenvalue weighted by atomic mass is 9.84. The van der Waals surface area contributed by atoms with Gasteiger partial charge in [-0.05, 0) is 54.9 Å². The zero-order valence-electron chi connectivity index (χ0n) is 22.6. The van der Waals surface area contributed by atoms with Crippen molar-refractivity contribution >= 4 is 40.1 Å². The van der Waals surface area contributed by atoms with E-state index in [-0.39, 0.29) is 30.3 Å². The largest absolute Gasteiger partial charge is 0.349 e. The SMILES string of the molecule is CC(C)(C)C(NC(=O)C(CC1CCCC1)CN(O)C=O)C(=O)N1CCC(NC(=O)c2ccc(Br)cc2)CC1. The molecule has 1 aromatic rings. The molecule has 9 nitrogen and oxygen atoms in total. The van der Waals surface area contributed by atoms with Gasteiger partial charge in [-0.1, -0.05) is 62.4 Å². The van der Waals surface area contributed by atoms with E-state index in [1.807, 2.05) is 32.9 Å². The summed E-state index contributed by atoms with van der Waals surface area (Å²) in [6.45, 7) is 6.60. The minimum absolute atomic E-state index is 0.0347. The van der Waals surface area contributed by atoms with E-state index in [1.165, 1.54) is 0 Å². The summed E-state index contributed by atoms with van der Waals surface area (Å²) < 4.78 is 0.906. The van der Waals surface area contributed by atoms with E-state index in [4.69, 9.17) is 0 Å². The molecule has 10 heteroatoms. The van der Waals surface area contributed by atoms with Gasteiger partial charge in [0.05, 0.1) is 12.5 Å². The zero-order chi connectivity index (χ0) is 27.9. The van der Waals surface area contributed by atoms with Crippen LogP contribution in [0.25, 0.3) is 0 Å². The van der Waals surface area contributed by atoms with Crippen molar-refractivity contribution in [2.24, 2.45) is 17.3 Å². The molecule has 1 aliphatic heterocycles. The van der Waals surface area contributed by atoms with Crippen LogP contribution in [0.1, 0.15) is 76.1 Å². The molecule has 0 spiro atoms. The molecule has 0 aromatic heterocycles. The fraction of sp³-hybridized carbons (Fsp3) is 0.643. The van der Waals surface area contributed by atoms with Gasteiger partial charge in [-0.2, -0.15) is 0 Å². The Morgan fingerprint density at radius 1 is 1.11 bits per heavy atom. The number of benzene rings is 1. The molecular weight excluding hydrogens is 552 g/mol. The summed E-state index contributed by atoms with van der Waals surface area (Å²) in [5.74, 6) is -0.822. The average Bonchev–Trinajstić information content (AvgIpc) is 3.39. The first-order valence-corrected chi connectivity index (χ1v) is 14.3. The maximum Gasteiger partial charge on any atom is 0.251 e. The van der Waals surface area contributed by atoms with Crippen molar-refractivity contribution in [2.45, 2.75) is 77.8 Å². The molecular formula is C28H41BrN4O5. The van der Waals surface area contributed by atoms with Crippen molar-refractivity contribution in [1.29, 1.82) is 0 Å². The van der Waals surface area contributed by atoms with Crippen molar-refractivity contribution in [1.82, 2.24) is 20.6 Å². The van der Waals surface area contributed by atoms with E-state index in [0.29, 0.717) is 55.3 Å². The van der Waals surface area contributed by atoms with E-state index in [2.05, 4.69) is 26.6 Å². The molecule has 38 heavy (non-hydrogen) atoms. The summed E-state index contributed by atoms with van der Waals surface area (Å²) in [5.41, 5.74) is 0.0475. The summed E-state index contributed by atoms with van der Waals surface area (Å²) in [4.78, 5) is 52.4. The van der Waals surface area contributed by atoms with Crippen LogP contribution in [0.3, 0.4) is 0 Å². The zero-order valence-corrected chi connectivity index (χ0v) is 24.2. The second-order valence-corrected chi connectivity index (χ2v) is 12.6. The Labute approximate surface area is 233 Å². The van der Waals surface area contributed by atoms with Crippen LogP contribution >= 0.6 is 15.9 Å². The molecule has 210 valence electrons. The van der Waals surface area contributed by atoms with Crippen molar-refractivity contribution in [2.75, 3.05) is 19.6 Å². The van der Waals surface area contributed by atoms with E-state index in [1.54, 1.807) is 17.0 Å². The molecule has 2 atom stereocenters. The predicted molar refractivity (Wildman–Crippen MR) is 147 cm³/mol. The van der Waals surface area contributed by atoms with Crippen molar-refractivity contribution in [3.05, 3.63) is 34.3 Å². The first kappa shape index (κ1) is 30.1. The van der Waals surface area contributed by atoms with Crippen molar-refractivity contribution in [3.63, 3.8) is 0 Å². The van der Waals surface area contributed by atoms with Gasteiger partial charge < -0.3 is 15.5 Å². The highest BCUT2D eigenvalue weighted by Gasteiger charge is 2.39. The minimum atomic E-state index is -0.752. The number of carbonyl (C=O) groups is 4. The van der Waals surface area contributed by atoms with Crippen molar-refractivity contribution in [3.8, 4) is 0 Å². The third kappa shape index (κ3) is 8.53. The van der Waals surface area contributed by atoms with Crippen LogP contribution in [0.4, 0.5) is 0 Å². The molecule has 1 aromatic carbocycles. The van der Waals surface area contributed by atoms with Gasteiger partial charge in [0.15, 0.2) is 0 Å². The molecule has 1 aliphatic carbocycles. The molecule has 4 amide bonds. The maximum absolute atomic E-state index is 13.6. The lowest BCUT2D eigenvalue weighted by Crippen LogP contribution is -2.58. The normalized spacial score (nSPS) is 18.5. The van der Waals surface area contributed by atoms with Crippen LogP contribution < -0.4 is 10.6 Å². The van der Waals surface area contributed by atoms with Gasteiger partial charge >= 0.3 is 0 Å². The highest BCUT2D eigenvalue weighted by molar-refractivity contribution is 9.10. The van der Waals surface area contributed by atoms with Crippen LogP contribution in [0.5, 0.6) is 0 Å². The van der Waals surface area contributed by atoms with Crippen LogP contribution in [0.15, 0.2) is 28.7 Å². The first-order chi connectivity index (χ1) is 18.0. The number of carbonyl (C=O) groups excluding carboxylic acids is 4. The number of nitrogens with zero attached hydrogens (tertiary/aromatic N) is 2. The number of hydrogen-bond donors (Lipinski definition) is 3. The lowest BCUT2D eigenvalue weighted by Gasteiger charge is -2.39. The van der Waals surface area contributed by atoms with E-state index >= 15 is 0 Å². The number of nitrogens with one attached hydrogen (secondary N) is 2. The molecule has 0 bridgehead atoms. The average molecular weight is 594 g/mol. The Morgan fingerprint density at radius 3 is 2.26 bits per heavy atom. The molecule has 2 unspecified atom stereocenters. The third-order valence-electron chi connectivity index (χ3n) is 7.64. The summed E-state index contributed by atoms with van der Waals surface area (Å²) in [7, 11) is 0. The standard InChI is InChI=1S/C28H41BrN4O5/c1-28(2,3)24(31-26(36)21(17-33(38)18-34)16-19-6-4-5-7-19)27(37)32-14-12-23(13-15-32)30-25(35)20-8-10-22(29)11-9-20/h8-11,18-19,21,23-24,38H,4-7,12-17H2,1-3H3,(H,30,35)(H,31,36). The van der Waals surface area contributed by atoms with Crippen molar-refractivity contribution < 1.29 is 24.4 Å². The number of amides is 4. The molecule has 3 rings (SSSR count). The van der Waals surface area contributed by atoms with Gasteiger partial charge in [0, 0.05) is 29.2 Å². The highest BCUT2D eigenvalue weighted by Crippen LogP contribution is 2.31. The number of piperidine rings is 1. The molecule has 0 radical (unpaired) electrons. The van der Waals surface area contributed by atoms with Crippen LogP contribution in [-0.2, 0) is 14.4 Å². The summed E-state index contributed by atoms with van der Waals surface area (Å²) >= 11 is 3.37. The van der Waals surface area contributed by atoms with Crippen LogP contribution in [-0.4, -0.2) is 71.0 Å². The summed E-state index contributed by atoms with van der Waals surface area (Å²) in [5, 5.41) is 16.4. The molecule has 2 aliphatic rings. The second-order valence-electron chi connectivity index (χ2n) is 11.7. The van der Waals surface area contributed by atoms with Crippen LogP contribution in [0, 0.1) is 17.3 Å². The Bertz CT molecular complexity index is 966. The molecule has 1 saturated heterocycles. The quantitative estimate of drug-likeness (QED) is 0.217. The number of halogens is 1. The number of rotatable bonds is 10. The Balaban J connectivity index is 1.60. The van der Waals surface area contributed by atoms with Gasteiger partial charge in [-0.15, -0.1) is 0 Å². The smallest absolute Gasteiger partial charge is 0.251 e. The minimum Gasteiger partial charge on any atom is -0.349 e. The van der Waals surface area contributed by atoms with E-state index in [0.717, 1.165) is 30.2 Å². The van der Waals surface area contributed by atoms with Crippen LogP contribution in [0.2, 0.25) is 0 Å². The Morgan fingerprint density at radius 2 is 1.71 bits per heavy atom. The van der Waals surface area contributed by atoms with Gasteiger partial charge in [0.1, 0.15) is 6.04 Å². The lowest BCUT2D eigenvalue weighted by molar-refractivity contribution is -0.156. The number of hydrogen-bond acceptors (Lipinski definition) is 5. The second kappa shape index (κ2) is 13.6. The fourth-order valence-electron chi connectivity index (χ4n) is 5.39. The molecule has 1 heterocycles. The first-order valence-electron chi connectivity index (χ1n) is 13.5. The van der Waals surface area contributed by atoms with Gasteiger partial charge in [0.2, 0.25) is 18.2 Å². The predicted octanol–water partition coefficient (Wildman–Crippen LogP) is 3.74. The van der Waals surface area contributed by atoms with Gasteiger partial charge in [-0.25, -0.2) is 5.06 Å². The number of hydroxylamine groups is 2. The maximum atomic E-state index is 13.6. The molecule has 1 saturated carbocycles. The Kier molecular flexibility index (Phi) is 10.7. The Hall–Kier alpha value is -2.46. The molecule has 3 N–H and O–H groups in total. The molecule has 2 fully saturated rings. The monoisotopic (exact) mass is 592 g/mol. The third-order valence-corrected chi connectivity index (χ3v) is 8.17.